The fourth-order valence-electron chi connectivity index (χ4n) is 3.40. The van der Waals surface area contributed by atoms with Crippen LogP contribution in [0, 0.1) is 0 Å². The average molecular weight is 352 g/mol. The lowest BCUT2D eigenvalue weighted by atomic mass is 9.96. The Balaban J connectivity index is 1.83. The third kappa shape index (κ3) is 4.70. The number of amides is 2. The molecule has 2 rings (SSSR count). The Morgan fingerprint density at radius 1 is 1.36 bits per heavy atom. The molecule has 2 amide bonds. The highest BCUT2D eigenvalue weighted by Gasteiger charge is 2.27. The van der Waals surface area contributed by atoms with Crippen LogP contribution < -0.4 is 5.32 Å². The lowest BCUT2D eigenvalue weighted by molar-refractivity contribution is 0.173. The van der Waals surface area contributed by atoms with Gasteiger partial charge < -0.3 is 24.8 Å². The summed E-state index contributed by atoms with van der Waals surface area (Å²) in [7, 11) is 3.97. The topological polar surface area (TPSA) is 86.5 Å². The van der Waals surface area contributed by atoms with Gasteiger partial charge in [-0.1, -0.05) is 13.8 Å². The normalized spacial score (nSPS) is 17.1. The molecule has 0 saturated carbocycles. The van der Waals surface area contributed by atoms with Gasteiger partial charge in [-0.2, -0.15) is 0 Å². The van der Waals surface area contributed by atoms with Crippen LogP contribution in [0.15, 0.2) is 0 Å². The number of carbonyl (C=O) groups is 1. The molecule has 1 aliphatic heterocycles. The van der Waals surface area contributed by atoms with Gasteiger partial charge in [-0.3, -0.25) is 0 Å². The van der Waals surface area contributed by atoms with Crippen LogP contribution in [0.3, 0.4) is 0 Å². The number of likely N-dealkylation sites (N-methyl/N-ethyl adjacent to an activating group) is 1. The Bertz CT molecular complexity index is 553. The molecule has 0 unspecified atom stereocenters. The molecule has 0 bridgehead atoms. The number of aromatic nitrogens is 3. The first-order valence-corrected chi connectivity index (χ1v) is 9.23. The molecule has 2 N–H and O–H groups in total. The van der Waals surface area contributed by atoms with E-state index >= 15 is 0 Å². The number of nitrogens with one attached hydrogen (secondary N) is 1. The van der Waals surface area contributed by atoms with E-state index in [1.54, 1.807) is 0 Å². The molecule has 2 heterocycles. The number of rotatable bonds is 7. The lowest BCUT2D eigenvalue weighted by Crippen LogP contribution is -2.48. The number of nitrogens with zero attached hydrogens (tertiary/aromatic N) is 5. The molecule has 1 aromatic rings. The van der Waals surface area contributed by atoms with Gasteiger partial charge in [0.1, 0.15) is 12.4 Å². The Kier molecular flexibility index (Phi) is 7.19. The van der Waals surface area contributed by atoms with Gasteiger partial charge in [0.2, 0.25) is 0 Å². The van der Waals surface area contributed by atoms with Gasteiger partial charge in [0.15, 0.2) is 5.82 Å². The molecule has 0 radical (unpaired) electrons. The number of hydrogen-bond donors (Lipinski definition) is 2. The number of hydrogen-bond acceptors (Lipinski definition) is 5. The minimum absolute atomic E-state index is 0.0235. The fourth-order valence-corrected chi connectivity index (χ4v) is 3.40. The molecule has 0 aliphatic carbocycles. The van der Waals surface area contributed by atoms with E-state index in [1.165, 1.54) is 0 Å². The maximum atomic E-state index is 12.4. The van der Waals surface area contributed by atoms with Crippen molar-refractivity contribution < 1.29 is 9.90 Å². The van der Waals surface area contributed by atoms with Crippen LogP contribution in [0.5, 0.6) is 0 Å². The minimum Gasteiger partial charge on any atom is -0.388 e. The van der Waals surface area contributed by atoms with Gasteiger partial charge in [0.25, 0.3) is 0 Å². The van der Waals surface area contributed by atoms with E-state index in [-0.39, 0.29) is 18.6 Å². The molecule has 25 heavy (non-hydrogen) atoms. The summed E-state index contributed by atoms with van der Waals surface area (Å²) >= 11 is 0. The molecule has 1 saturated heterocycles. The van der Waals surface area contributed by atoms with Crippen LogP contribution in [-0.2, 0) is 13.7 Å². The van der Waals surface area contributed by atoms with Gasteiger partial charge in [0.05, 0.1) is 0 Å². The Morgan fingerprint density at radius 2 is 2.04 bits per heavy atom. The van der Waals surface area contributed by atoms with Crippen LogP contribution >= 0.6 is 0 Å². The smallest absolute Gasteiger partial charge is 0.317 e. The summed E-state index contributed by atoms with van der Waals surface area (Å²) < 4.78 is 1.87. The van der Waals surface area contributed by atoms with Gasteiger partial charge in [-0.05, 0) is 32.9 Å². The predicted molar refractivity (Wildman–Crippen MR) is 96.3 cm³/mol. The second-order valence-corrected chi connectivity index (χ2v) is 6.77. The Labute approximate surface area is 150 Å². The van der Waals surface area contributed by atoms with E-state index in [4.69, 9.17) is 0 Å². The van der Waals surface area contributed by atoms with Crippen molar-refractivity contribution in [2.75, 3.05) is 33.2 Å². The number of urea groups is 1. The largest absolute Gasteiger partial charge is 0.388 e. The maximum Gasteiger partial charge on any atom is 0.317 e. The molecule has 142 valence electrons. The van der Waals surface area contributed by atoms with Crippen LogP contribution in [0.25, 0.3) is 0 Å². The second-order valence-electron chi connectivity index (χ2n) is 6.77. The first kappa shape index (κ1) is 19.7. The molecule has 8 heteroatoms. The number of piperidine rings is 1. The first-order chi connectivity index (χ1) is 12.0. The van der Waals surface area contributed by atoms with E-state index in [0.717, 1.165) is 44.7 Å². The zero-order valence-electron chi connectivity index (χ0n) is 15.9. The summed E-state index contributed by atoms with van der Waals surface area (Å²) in [6.45, 7) is 7.28. The lowest BCUT2D eigenvalue weighted by Gasteiger charge is -2.33. The quantitative estimate of drug-likeness (QED) is 0.762. The van der Waals surface area contributed by atoms with Crippen molar-refractivity contribution in [1.29, 1.82) is 0 Å². The summed E-state index contributed by atoms with van der Waals surface area (Å²) in [5.74, 6) is 1.78. The zero-order valence-corrected chi connectivity index (χ0v) is 15.9. The molecule has 1 atom stereocenters. The van der Waals surface area contributed by atoms with Crippen LogP contribution in [0.1, 0.15) is 50.7 Å². The molecule has 1 fully saturated rings. The van der Waals surface area contributed by atoms with E-state index < -0.39 is 0 Å². The minimum atomic E-state index is -0.102. The zero-order chi connectivity index (χ0) is 18.4. The predicted octanol–water partition coefficient (Wildman–Crippen LogP) is 0.927. The summed E-state index contributed by atoms with van der Waals surface area (Å²) in [6, 6.07) is 0.400. The van der Waals surface area contributed by atoms with Crippen LogP contribution in [0.2, 0.25) is 0 Å². The van der Waals surface area contributed by atoms with Crippen molar-refractivity contribution in [1.82, 2.24) is 29.9 Å². The monoisotopic (exact) mass is 352 g/mol. The summed E-state index contributed by atoms with van der Waals surface area (Å²) in [6.07, 6.45) is 2.76. The molecule has 0 spiro atoms. The van der Waals surface area contributed by atoms with Gasteiger partial charge >= 0.3 is 6.03 Å². The summed E-state index contributed by atoms with van der Waals surface area (Å²) in [4.78, 5) is 16.6. The van der Waals surface area contributed by atoms with Crippen molar-refractivity contribution in [3.63, 3.8) is 0 Å². The second kappa shape index (κ2) is 9.15. The highest BCUT2D eigenvalue weighted by atomic mass is 16.3. The Morgan fingerprint density at radius 3 is 2.56 bits per heavy atom. The first-order valence-electron chi connectivity index (χ1n) is 9.23. The van der Waals surface area contributed by atoms with Gasteiger partial charge in [0, 0.05) is 38.6 Å². The fraction of sp³-hybridized carbons (Fsp3) is 0.824. The van der Waals surface area contributed by atoms with Gasteiger partial charge in [-0.25, -0.2) is 4.79 Å². The highest BCUT2D eigenvalue weighted by molar-refractivity contribution is 5.74. The van der Waals surface area contributed by atoms with Gasteiger partial charge in [-0.15, -0.1) is 10.2 Å². The molecular weight excluding hydrogens is 320 g/mol. The molecule has 1 aliphatic rings. The van der Waals surface area contributed by atoms with Crippen LogP contribution in [-0.4, -0.2) is 75.0 Å². The maximum absolute atomic E-state index is 12.4. The van der Waals surface area contributed by atoms with E-state index in [9.17, 15) is 9.90 Å². The van der Waals surface area contributed by atoms with Crippen LogP contribution in [0.4, 0.5) is 4.79 Å². The van der Waals surface area contributed by atoms with Crippen molar-refractivity contribution in [3.8, 4) is 0 Å². The number of likely N-dealkylation sites (tertiary alicyclic amines) is 1. The van der Waals surface area contributed by atoms with Crippen molar-refractivity contribution in [3.05, 3.63) is 11.6 Å². The average Bonchev–Trinajstić information content (AvgIpc) is 3.02. The number of aliphatic hydroxyl groups is 1. The summed E-state index contributed by atoms with van der Waals surface area (Å²) in [5.41, 5.74) is 0. The number of carbonyl (C=O) groups excluding carboxylic acids is 1. The molecular formula is C17H32N6O2. The van der Waals surface area contributed by atoms with Crippen molar-refractivity contribution in [2.24, 2.45) is 7.05 Å². The standard InChI is InChI=1S/C17H32N6O2/c1-5-14(21(3)6-2)11-18-17(25)23-9-7-13(8-10-23)16-20-19-15(12-24)22(16)4/h13-14,24H,5-12H2,1-4H3,(H,18,25)/t14-/m0/s1. The molecule has 0 aromatic carbocycles. The molecule has 1 aromatic heterocycles. The number of aliphatic hydroxyl groups excluding tert-OH is 1. The molecule has 8 nitrogen and oxygen atoms in total. The third-order valence-corrected chi connectivity index (χ3v) is 5.37. The van der Waals surface area contributed by atoms with Crippen molar-refractivity contribution >= 4 is 6.03 Å². The summed E-state index contributed by atoms with van der Waals surface area (Å²) in [5, 5.41) is 20.5. The SMILES string of the molecule is CC[C@@H](CNC(=O)N1CCC(c2nnc(CO)n2C)CC1)N(C)CC. The Hall–Kier alpha value is -1.67. The van der Waals surface area contributed by atoms with E-state index in [0.29, 0.717) is 18.4 Å². The highest BCUT2D eigenvalue weighted by Crippen LogP contribution is 2.26. The van der Waals surface area contributed by atoms with Crippen molar-refractivity contribution in [2.45, 2.75) is 51.7 Å². The van der Waals surface area contributed by atoms with E-state index in [2.05, 4.69) is 41.3 Å². The third-order valence-electron chi connectivity index (χ3n) is 5.37. The van der Waals surface area contributed by atoms with E-state index in [1.807, 2.05) is 16.5 Å².